The van der Waals surface area contributed by atoms with Crippen molar-refractivity contribution in [2.24, 2.45) is 0 Å². The molecule has 2 aromatic carbocycles. The molecule has 0 unspecified atom stereocenters. The Bertz CT molecular complexity index is 1010. The van der Waals surface area contributed by atoms with E-state index in [4.69, 9.17) is 9.47 Å². The van der Waals surface area contributed by atoms with Gasteiger partial charge in [0.25, 0.3) is 0 Å². The normalized spacial score (nSPS) is 18.6. The highest BCUT2D eigenvalue weighted by Gasteiger charge is 2.22. The maximum Gasteiger partial charge on any atom is 0.240 e. The molecule has 27 heavy (non-hydrogen) atoms. The molecule has 0 spiro atoms. The molecule has 0 bridgehead atoms. The quantitative estimate of drug-likeness (QED) is 0.811. The molecule has 0 aromatic heterocycles. The van der Waals surface area contributed by atoms with Gasteiger partial charge in [-0.25, -0.2) is 13.1 Å². The average Bonchev–Trinajstić information content (AvgIpc) is 3.03. The summed E-state index contributed by atoms with van der Waals surface area (Å²) in [6.07, 6.45) is 0.393. The van der Waals surface area contributed by atoms with Gasteiger partial charge in [-0.1, -0.05) is 13.0 Å². The summed E-state index contributed by atoms with van der Waals surface area (Å²) in [5.41, 5.74) is 1.29. The SMILES string of the molecule is C[C@H]1CC(=O)Nc2cc(S(=O)(=O)NCc3ccc4c(c3)OCO4)ccc2S1. The van der Waals surface area contributed by atoms with Gasteiger partial charge >= 0.3 is 0 Å². The molecule has 4 rings (SSSR count). The third-order valence-corrected chi connectivity index (χ3v) is 6.82. The van der Waals surface area contributed by atoms with Gasteiger partial charge in [0.15, 0.2) is 11.5 Å². The van der Waals surface area contributed by atoms with Crippen LogP contribution in [-0.4, -0.2) is 26.4 Å². The Kier molecular flexibility index (Phi) is 4.75. The Labute approximate surface area is 161 Å². The van der Waals surface area contributed by atoms with Crippen molar-refractivity contribution in [1.29, 1.82) is 0 Å². The number of benzene rings is 2. The number of amides is 1. The van der Waals surface area contributed by atoms with Crippen LogP contribution in [0.3, 0.4) is 0 Å². The maximum atomic E-state index is 12.7. The largest absolute Gasteiger partial charge is 0.454 e. The first-order chi connectivity index (χ1) is 12.9. The van der Waals surface area contributed by atoms with Crippen LogP contribution in [0.2, 0.25) is 0 Å². The van der Waals surface area contributed by atoms with Gasteiger partial charge in [0.05, 0.1) is 10.6 Å². The Morgan fingerprint density at radius 2 is 2.00 bits per heavy atom. The van der Waals surface area contributed by atoms with Crippen molar-refractivity contribution in [3.8, 4) is 11.5 Å². The number of carbonyl (C=O) groups excluding carboxylic acids is 1. The first-order valence-corrected chi connectivity index (χ1v) is 10.8. The molecule has 0 saturated carbocycles. The Hall–Kier alpha value is -2.23. The number of nitrogens with one attached hydrogen (secondary N) is 2. The number of fused-ring (bicyclic) bond motifs is 2. The van der Waals surface area contributed by atoms with Crippen molar-refractivity contribution in [1.82, 2.24) is 4.72 Å². The lowest BCUT2D eigenvalue weighted by Gasteiger charge is -2.11. The second kappa shape index (κ2) is 7.06. The van der Waals surface area contributed by atoms with E-state index in [9.17, 15) is 13.2 Å². The summed E-state index contributed by atoms with van der Waals surface area (Å²) < 4.78 is 38.5. The first kappa shape index (κ1) is 18.1. The fourth-order valence-electron chi connectivity index (χ4n) is 2.91. The van der Waals surface area contributed by atoms with Crippen LogP contribution < -0.4 is 19.5 Å². The molecule has 9 heteroatoms. The number of carbonyl (C=O) groups is 1. The molecule has 1 amide bonds. The third kappa shape index (κ3) is 3.90. The number of sulfonamides is 1. The van der Waals surface area contributed by atoms with Crippen molar-refractivity contribution in [3.63, 3.8) is 0 Å². The van der Waals surface area contributed by atoms with Gasteiger partial charge in [-0.15, -0.1) is 11.8 Å². The molecular formula is C18H18N2O5S2. The van der Waals surface area contributed by atoms with E-state index in [2.05, 4.69) is 10.0 Å². The van der Waals surface area contributed by atoms with Gasteiger partial charge in [-0.05, 0) is 35.9 Å². The lowest BCUT2D eigenvalue weighted by molar-refractivity contribution is -0.116. The number of thioether (sulfide) groups is 1. The van der Waals surface area contributed by atoms with E-state index in [-0.39, 0.29) is 29.4 Å². The monoisotopic (exact) mass is 406 g/mol. The van der Waals surface area contributed by atoms with Crippen molar-refractivity contribution >= 4 is 33.4 Å². The van der Waals surface area contributed by atoms with E-state index in [0.717, 1.165) is 10.5 Å². The van der Waals surface area contributed by atoms with Crippen LogP contribution in [0.15, 0.2) is 46.2 Å². The summed E-state index contributed by atoms with van der Waals surface area (Å²) in [5, 5.41) is 2.92. The summed E-state index contributed by atoms with van der Waals surface area (Å²) in [6, 6.07) is 10.1. The molecule has 2 N–H and O–H groups in total. The van der Waals surface area contributed by atoms with Gasteiger partial charge in [0, 0.05) is 23.1 Å². The molecule has 1 atom stereocenters. The predicted molar refractivity (Wildman–Crippen MR) is 102 cm³/mol. The van der Waals surface area contributed by atoms with Gasteiger partial charge in [-0.2, -0.15) is 0 Å². The van der Waals surface area contributed by atoms with Crippen molar-refractivity contribution < 1.29 is 22.7 Å². The summed E-state index contributed by atoms with van der Waals surface area (Å²) in [7, 11) is -3.73. The van der Waals surface area contributed by atoms with Gasteiger partial charge in [0.2, 0.25) is 22.7 Å². The molecule has 0 aliphatic carbocycles. The fraction of sp³-hybridized carbons (Fsp3) is 0.278. The summed E-state index contributed by atoms with van der Waals surface area (Å²) in [6.45, 7) is 2.26. The maximum absolute atomic E-state index is 12.7. The number of hydrogen-bond acceptors (Lipinski definition) is 6. The zero-order valence-corrected chi connectivity index (χ0v) is 16.2. The lowest BCUT2D eigenvalue weighted by Crippen LogP contribution is -2.23. The van der Waals surface area contributed by atoms with Gasteiger partial charge in [-0.3, -0.25) is 4.79 Å². The fourth-order valence-corrected chi connectivity index (χ4v) is 5.01. The molecule has 2 heterocycles. The van der Waals surface area contributed by atoms with Crippen LogP contribution in [0.1, 0.15) is 18.9 Å². The Morgan fingerprint density at radius 1 is 1.19 bits per heavy atom. The van der Waals surface area contributed by atoms with Crippen LogP contribution >= 0.6 is 11.8 Å². The van der Waals surface area contributed by atoms with E-state index in [1.165, 1.54) is 6.07 Å². The molecule has 2 aliphatic rings. The van der Waals surface area contributed by atoms with Crippen LogP contribution in [-0.2, 0) is 21.4 Å². The van der Waals surface area contributed by atoms with Crippen molar-refractivity contribution in [2.75, 3.05) is 12.1 Å². The standard InChI is InChI=1S/C18H18N2O5S2/c1-11-6-18(21)20-14-8-13(3-5-17(14)26-11)27(22,23)19-9-12-2-4-15-16(7-12)25-10-24-15/h2-5,7-8,11,19H,6,9-10H2,1H3,(H,20,21)/t11-/m0/s1. The molecule has 7 nitrogen and oxygen atoms in total. The van der Waals surface area contributed by atoms with Crippen LogP contribution in [0.5, 0.6) is 11.5 Å². The number of anilines is 1. The lowest BCUT2D eigenvalue weighted by atomic mass is 10.2. The average molecular weight is 406 g/mol. The minimum Gasteiger partial charge on any atom is -0.454 e. The minimum absolute atomic E-state index is 0.109. The zero-order valence-electron chi connectivity index (χ0n) is 14.5. The topological polar surface area (TPSA) is 93.7 Å². The predicted octanol–water partition coefficient (Wildman–Crippen LogP) is 2.72. The van der Waals surface area contributed by atoms with Crippen molar-refractivity contribution in [3.05, 3.63) is 42.0 Å². The van der Waals surface area contributed by atoms with E-state index >= 15 is 0 Å². The molecule has 2 aliphatic heterocycles. The minimum atomic E-state index is -3.73. The number of ether oxygens (including phenoxy) is 2. The second-order valence-corrected chi connectivity index (χ2v) is 9.60. The molecule has 0 saturated heterocycles. The third-order valence-electron chi connectivity index (χ3n) is 4.24. The number of hydrogen-bond donors (Lipinski definition) is 2. The first-order valence-electron chi connectivity index (χ1n) is 8.39. The molecule has 2 aromatic rings. The highest BCUT2D eigenvalue weighted by molar-refractivity contribution is 8.00. The number of rotatable bonds is 4. The summed E-state index contributed by atoms with van der Waals surface area (Å²) in [4.78, 5) is 12.9. The molecule has 0 radical (unpaired) electrons. The molecule has 0 fully saturated rings. The van der Waals surface area contributed by atoms with Crippen LogP contribution in [0, 0.1) is 0 Å². The summed E-state index contributed by atoms with van der Waals surface area (Å²) in [5.74, 6) is 1.14. The zero-order chi connectivity index (χ0) is 19.0. The van der Waals surface area contributed by atoms with Crippen LogP contribution in [0.25, 0.3) is 0 Å². The Balaban J connectivity index is 1.53. The second-order valence-electron chi connectivity index (χ2n) is 6.35. The summed E-state index contributed by atoms with van der Waals surface area (Å²) >= 11 is 1.55. The molecular weight excluding hydrogens is 388 g/mol. The smallest absolute Gasteiger partial charge is 0.240 e. The van der Waals surface area contributed by atoms with Gasteiger partial charge < -0.3 is 14.8 Å². The molecule has 142 valence electrons. The van der Waals surface area contributed by atoms with Crippen LogP contribution in [0.4, 0.5) is 5.69 Å². The Morgan fingerprint density at radius 3 is 2.85 bits per heavy atom. The van der Waals surface area contributed by atoms with E-state index in [1.54, 1.807) is 42.1 Å². The van der Waals surface area contributed by atoms with Crippen molar-refractivity contribution in [2.45, 2.75) is 34.9 Å². The van der Waals surface area contributed by atoms with E-state index < -0.39 is 10.0 Å². The van der Waals surface area contributed by atoms with E-state index in [0.29, 0.717) is 23.6 Å². The highest BCUT2D eigenvalue weighted by atomic mass is 32.2. The van der Waals surface area contributed by atoms with E-state index in [1.807, 2.05) is 6.92 Å². The highest BCUT2D eigenvalue weighted by Crippen LogP contribution is 2.36. The van der Waals surface area contributed by atoms with Gasteiger partial charge in [0.1, 0.15) is 0 Å².